The molecule has 2 aromatic heterocycles. The lowest BCUT2D eigenvalue weighted by Crippen LogP contribution is -2.54. The molecule has 4 rings (SSSR count). The first kappa shape index (κ1) is 20.7. The fraction of sp³-hybridized carbons (Fsp3) is 0.500. The third-order valence-corrected chi connectivity index (χ3v) is 6.98. The molecule has 1 fully saturated rings. The van der Waals surface area contributed by atoms with Gasteiger partial charge in [-0.25, -0.2) is 0 Å². The van der Waals surface area contributed by atoms with E-state index in [1.54, 1.807) is 11.3 Å². The van der Waals surface area contributed by atoms with E-state index in [1.807, 2.05) is 47.8 Å². The van der Waals surface area contributed by atoms with Gasteiger partial charge < -0.3 is 19.7 Å². The van der Waals surface area contributed by atoms with Gasteiger partial charge in [0.05, 0.1) is 5.56 Å². The molecule has 1 N–H and O–H groups in total. The van der Waals surface area contributed by atoms with E-state index in [4.69, 9.17) is 0 Å². The third kappa shape index (κ3) is 4.01. The molecule has 0 atom stereocenters. The monoisotopic (exact) mass is 428 g/mol. The molecule has 0 saturated carbocycles. The number of thiophene rings is 1. The Morgan fingerprint density at radius 2 is 1.60 bits per heavy atom. The van der Waals surface area contributed by atoms with Crippen molar-refractivity contribution >= 4 is 29.1 Å². The molecule has 2 aromatic rings. The minimum absolute atomic E-state index is 0.0387. The number of hydrogen-bond acceptors (Lipinski definition) is 4. The zero-order valence-corrected chi connectivity index (χ0v) is 18.3. The van der Waals surface area contributed by atoms with E-state index in [0.29, 0.717) is 26.2 Å². The number of nitrogens with one attached hydrogen (secondary N) is 1. The number of nitrogens with zero attached hydrogens (tertiary/aromatic N) is 3. The number of aromatic nitrogens is 1. The summed E-state index contributed by atoms with van der Waals surface area (Å²) < 4.78 is 2.03. The number of piperazine rings is 1. The van der Waals surface area contributed by atoms with Crippen LogP contribution in [0.4, 0.5) is 0 Å². The van der Waals surface area contributed by atoms with Gasteiger partial charge in [0.15, 0.2) is 0 Å². The molecule has 0 unspecified atom stereocenters. The van der Waals surface area contributed by atoms with Crippen LogP contribution in [0.2, 0.25) is 0 Å². The smallest absolute Gasteiger partial charge is 0.312 e. The summed E-state index contributed by atoms with van der Waals surface area (Å²) >= 11 is 1.73. The molecule has 7 nitrogen and oxygen atoms in total. The molecule has 0 radical (unpaired) electrons. The van der Waals surface area contributed by atoms with Crippen LogP contribution in [0, 0.1) is 0 Å². The fourth-order valence-corrected chi connectivity index (χ4v) is 5.51. The normalized spacial score (nSPS) is 16.5. The molecule has 30 heavy (non-hydrogen) atoms. The van der Waals surface area contributed by atoms with Crippen LogP contribution < -0.4 is 5.32 Å². The summed E-state index contributed by atoms with van der Waals surface area (Å²) in [6.45, 7) is 5.28. The molecule has 0 bridgehead atoms. The number of rotatable bonds is 3. The van der Waals surface area contributed by atoms with Crippen LogP contribution >= 0.6 is 11.3 Å². The Labute approximate surface area is 180 Å². The van der Waals surface area contributed by atoms with E-state index in [1.165, 1.54) is 21.8 Å². The van der Waals surface area contributed by atoms with Gasteiger partial charge in [-0.1, -0.05) is 0 Å². The van der Waals surface area contributed by atoms with Crippen molar-refractivity contribution in [1.82, 2.24) is 19.7 Å². The van der Waals surface area contributed by atoms with Gasteiger partial charge in [-0.3, -0.25) is 14.4 Å². The molecule has 1 aliphatic heterocycles. The van der Waals surface area contributed by atoms with Crippen LogP contribution in [0.1, 0.15) is 47.5 Å². The highest BCUT2D eigenvalue weighted by Crippen LogP contribution is 2.37. The summed E-state index contributed by atoms with van der Waals surface area (Å²) in [5, 5.41) is 3.63. The van der Waals surface area contributed by atoms with Crippen molar-refractivity contribution in [2.45, 2.75) is 45.6 Å². The summed E-state index contributed by atoms with van der Waals surface area (Å²) in [7, 11) is 0. The molecular formula is C22H28N4O3S. The van der Waals surface area contributed by atoms with E-state index in [0.717, 1.165) is 29.8 Å². The lowest BCUT2D eigenvalue weighted by Gasteiger charge is -2.34. The first-order valence-electron chi connectivity index (χ1n) is 10.6. The summed E-state index contributed by atoms with van der Waals surface area (Å²) in [6.07, 6.45) is 8.24. The molecule has 8 heteroatoms. The van der Waals surface area contributed by atoms with Crippen LogP contribution in [-0.4, -0.2) is 64.3 Å². The zero-order valence-electron chi connectivity index (χ0n) is 17.5. The number of amides is 3. The van der Waals surface area contributed by atoms with Gasteiger partial charge in [0, 0.05) is 49.5 Å². The Morgan fingerprint density at radius 3 is 2.27 bits per heavy atom. The maximum Gasteiger partial charge on any atom is 0.312 e. The lowest BCUT2D eigenvalue weighted by atomic mass is 9.95. The molecule has 0 spiro atoms. The van der Waals surface area contributed by atoms with Crippen molar-refractivity contribution in [2.24, 2.45) is 0 Å². The lowest BCUT2D eigenvalue weighted by molar-refractivity contribution is -0.147. The van der Waals surface area contributed by atoms with Gasteiger partial charge in [-0.05, 0) is 57.2 Å². The van der Waals surface area contributed by atoms with Crippen molar-refractivity contribution in [3.8, 4) is 5.00 Å². The van der Waals surface area contributed by atoms with Crippen molar-refractivity contribution < 1.29 is 14.4 Å². The highest BCUT2D eigenvalue weighted by atomic mass is 32.1. The van der Waals surface area contributed by atoms with Crippen molar-refractivity contribution in [2.75, 3.05) is 26.2 Å². The largest absolute Gasteiger partial charge is 0.346 e. The molecule has 0 aromatic carbocycles. The maximum atomic E-state index is 13.5. The SMILES string of the molecule is CC(C)NC(=O)C(=O)N1CCN(C(=O)c2c(-n3cccc3)sc3c2CCCC3)CC1. The summed E-state index contributed by atoms with van der Waals surface area (Å²) in [4.78, 5) is 42.6. The number of fused-ring (bicyclic) bond motifs is 1. The Hall–Kier alpha value is -2.61. The van der Waals surface area contributed by atoms with Gasteiger partial charge in [-0.15, -0.1) is 11.3 Å². The van der Waals surface area contributed by atoms with E-state index in [2.05, 4.69) is 5.32 Å². The highest BCUT2D eigenvalue weighted by Gasteiger charge is 2.32. The third-order valence-electron chi connectivity index (χ3n) is 5.67. The summed E-state index contributed by atoms with van der Waals surface area (Å²) in [6, 6.07) is 3.86. The summed E-state index contributed by atoms with van der Waals surface area (Å²) in [5.74, 6) is -1.06. The topological polar surface area (TPSA) is 74.7 Å². The standard InChI is InChI=1S/C22H28N4O3S/c1-15(2)23-19(27)21(29)25-13-11-24(12-14-25)20(28)18-16-7-3-4-8-17(16)30-22(18)26-9-5-6-10-26/h5-6,9-10,15H,3-4,7-8,11-14H2,1-2H3,(H,23,27). The molecule has 1 aliphatic carbocycles. The predicted octanol–water partition coefficient (Wildman–Crippen LogP) is 2.23. The average molecular weight is 429 g/mol. The quantitative estimate of drug-likeness (QED) is 0.762. The highest BCUT2D eigenvalue weighted by molar-refractivity contribution is 7.15. The Kier molecular flexibility index (Phi) is 5.94. The van der Waals surface area contributed by atoms with Crippen molar-refractivity contribution in [3.63, 3.8) is 0 Å². The molecule has 3 amide bonds. The molecule has 2 aliphatic rings. The van der Waals surface area contributed by atoms with E-state index in [9.17, 15) is 14.4 Å². The van der Waals surface area contributed by atoms with Gasteiger partial charge in [-0.2, -0.15) is 0 Å². The Bertz CT molecular complexity index is 940. The first-order chi connectivity index (χ1) is 14.5. The average Bonchev–Trinajstić information content (AvgIpc) is 3.40. The maximum absolute atomic E-state index is 13.5. The molecule has 160 valence electrons. The Balaban J connectivity index is 1.51. The van der Waals surface area contributed by atoms with E-state index >= 15 is 0 Å². The molecular weight excluding hydrogens is 400 g/mol. The minimum Gasteiger partial charge on any atom is -0.346 e. The fourth-order valence-electron chi connectivity index (χ4n) is 4.16. The second-order valence-electron chi connectivity index (χ2n) is 8.19. The van der Waals surface area contributed by atoms with Crippen LogP contribution in [0.15, 0.2) is 24.5 Å². The van der Waals surface area contributed by atoms with Gasteiger partial charge in [0.1, 0.15) is 5.00 Å². The van der Waals surface area contributed by atoms with Gasteiger partial charge in [0.2, 0.25) is 0 Å². The van der Waals surface area contributed by atoms with Crippen LogP contribution in [0.25, 0.3) is 5.00 Å². The number of carbonyl (C=O) groups excluding carboxylic acids is 3. The zero-order chi connectivity index (χ0) is 21.3. The van der Waals surface area contributed by atoms with Crippen LogP contribution in [0.3, 0.4) is 0 Å². The van der Waals surface area contributed by atoms with E-state index in [-0.39, 0.29) is 11.9 Å². The molecule has 1 saturated heterocycles. The van der Waals surface area contributed by atoms with Crippen LogP contribution in [0.5, 0.6) is 0 Å². The summed E-state index contributed by atoms with van der Waals surface area (Å²) in [5.41, 5.74) is 2.03. The van der Waals surface area contributed by atoms with Crippen molar-refractivity contribution in [3.05, 3.63) is 40.5 Å². The second-order valence-corrected chi connectivity index (χ2v) is 9.28. The number of hydrogen-bond donors (Lipinski definition) is 1. The minimum atomic E-state index is -0.577. The number of aryl methyl sites for hydroxylation is 1. The van der Waals surface area contributed by atoms with Gasteiger partial charge in [0.25, 0.3) is 5.91 Å². The van der Waals surface area contributed by atoms with E-state index < -0.39 is 11.8 Å². The molecule has 3 heterocycles. The van der Waals surface area contributed by atoms with Gasteiger partial charge >= 0.3 is 11.8 Å². The Morgan fingerprint density at radius 1 is 0.967 bits per heavy atom. The second kappa shape index (κ2) is 8.63. The first-order valence-corrected chi connectivity index (χ1v) is 11.4. The predicted molar refractivity (Wildman–Crippen MR) is 116 cm³/mol. The number of carbonyl (C=O) groups is 3. The van der Waals surface area contributed by atoms with Crippen LogP contribution in [-0.2, 0) is 22.4 Å². The van der Waals surface area contributed by atoms with Crippen molar-refractivity contribution in [1.29, 1.82) is 0 Å².